The molecule has 0 saturated carbocycles. The summed E-state index contributed by atoms with van der Waals surface area (Å²) in [5, 5.41) is 9.99. The summed E-state index contributed by atoms with van der Waals surface area (Å²) in [6.45, 7) is 0.432. The third-order valence-corrected chi connectivity index (χ3v) is 7.47. The van der Waals surface area contributed by atoms with Crippen molar-refractivity contribution in [3.05, 3.63) is 47.3 Å². The molecule has 4 rings (SSSR count). The summed E-state index contributed by atoms with van der Waals surface area (Å²) < 4.78 is 50.6. The monoisotopic (exact) mass is 466 g/mol. The Kier molecular flexibility index (Phi) is 5.67. The number of carbonyl (C=O) groups excluding carboxylic acids is 1. The molecule has 1 saturated heterocycles. The van der Waals surface area contributed by atoms with Gasteiger partial charge in [0.15, 0.2) is 0 Å². The van der Waals surface area contributed by atoms with Crippen molar-refractivity contribution in [2.24, 2.45) is 5.14 Å². The first kappa shape index (κ1) is 21.6. The van der Waals surface area contributed by atoms with E-state index in [4.69, 9.17) is 5.14 Å². The van der Waals surface area contributed by atoms with E-state index in [1.807, 2.05) is 18.2 Å². The van der Waals surface area contributed by atoms with Gasteiger partial charge in [-0.25, -0.2) is 27.3 Å². The van der Waals surface area contributed by atoms with E-state index in [0.717, 1.165) is 16.7 Å². The second-order valence-corrected chi connectivity index (χ2v) is 10.1. The van der Waals surface area contributed by atoms with Crippen LogP contribution in [0.1, 0.15) is 29.6 Å². The minimum Gasteiger partial charge on any atom is -0.356 e. The van der Waals surface area contributed by atoms with Crippen LogP contribution in [0.4, 0.5) is 20.3 Å². The molecule has 3 aromatic rings. The van der Waals surface area contributed by atoms with Crippen molar-refractivity contribution in [1.82, 2.24) is 4.98 Å². The number of primary sulfonamides is 1. The molecular weight excluding hydrogens is 446 g/mol. The number of halogens is 2. The number of carbonyl (C=O) groups is 1. The summed E-state index contributed by atoms with van der Waals surface area (Å²) in [6, 6.07) is 10.2. The third-order valence-electron chi connectivity index (χ3n) is 5.08. The van der Waals surface area contributed by atoms with Crippen molar-refractivity contribution in [2.75, 3.05) is 23.3 Å². The fourth-order valence-corrected chi connectivity index (χ4v) is 5.06. The van der Waals surface area contributed by atoms with Gasteiger partial charge in [-0.05, 0) is 24.6 Å². The van der Waals surface area contributed by atoms with Crippen LogP contribution in [0.5, 0.6) is 0 Å². The zero-order chi connectivity index (χ0) is 22.2. The standard InChI is InChI=1S/C20H20F2N4O3S2/c21-20(22)6-3-8-26(9-7-20)18-15(10-13-4-1-2-5-16(13)25-18)19(27)24-14-11-17(30-12-14)31(23,28)29/h1-2,4-5,10-12H,3,6-9H2,(H,24,27)(H2,23,28,29). The average molecular weight is 467 g/mol. The van der Waals surface area contributed by atoms with Crippen LogP contribution in [0.2, 0.25) is 0 Å². The normalized spacial score (nSPS) is 16.8. The molecular formula is C20H20F2N4O3S2. The number of thiophene rings is 1. The Morgan fingerprint density at radius 2 is 1.97 bits per heavy atom. The molecule has 0 spiro atoms. The van der Waals surface area contributed by atoms with Crippen LogP contribution in [0.15, 0.2) is 46.0 Å². The van der Waals surface area contributed by atoms with E-state index in [-0.39, 0.29) is 41.3 Å². The highest BCUT2D eigenvalue weighted by Crippen LogP contribution is 2.32. The number of rotatable bonds is 4. The number of benzene rings is 1. The second-order valence-electron chi connectivity index (χ2n) is 7.40. The maximum absolute atomic E-state index is 13.9. The van der Waals surface area contributed by atoms with Crippen LogP contribution in [-0.2, 0) is 10.0 Å². The van der Waals surface area contributed by atoms with Crippen LogP contribution < -0.4 is 15.4 Å². The lowest BCUT2D eigenvalue weighted by Gasteiger charge is -2.24. The van der Waals surface area contributed by atoms with Crippen molar-refractivity contribution in [1.29, 1.82) is 0 Å². The molecule has 1 aliphatic rings. The number of nitrogens with two attached hydrogens (primary N) is 1. The van der Waals surface area contributed by atoms with Gasteiger partial charge < -0.3 is 10.2 Å². The molecule has 31 heavy (non-hydrogen) atoms. The van der Waals surface area contributed by atoms with Gasteiger partial charge in [-0.2, -0.15) is 0 Å². The van der Waals surface area contributed by atoms with E-state index in [2.05, 4.69) is 10.3 Å². The molecule has 1 aromatic carbocycles. The zero-order valence-corrected chi connectivity index (χ0v) is 18.0. The number of aromatic nitrogens is 1. The van der Waals surface area contributed by atoms with Gasteiger partial charge in [0, 0.05) is 36.7 Å². The van der Waals surface area contributed by atoms with Crippen LogP contribution in [0.25, 0.3) is 10.9 Å². The number of pyridine rings is 1. The molecule has 0 aliphatic carbocycles. The highest BCUT2D eigenvalue weighted by Gasteiger charge is 2.33. The van der Waals surface area contributed by atoms with Gasteiger partial charge in [0.1, 0.15) is 10.0 Å². The predicted octanol–water partition coefficient (Wildman–Crippen LogP) is 3.82. The Morgan fingerprint density at radius 1 is 1.19 bits per heavy atom. The molecule has 1 amide bonds. The van der Waals surface area contributed by atoms with Crippen molar-refractivity contribution >= 4 is 49.7 Å². The largest absolute Gasteiger partial charge is 0.356 e. The molecule has 2 aromatic heterocycles. The van der Waals surface area contributed by atoms with Crippen LogP contribution >= 0.6 is 11.3 Å². The van der Waals surface area contributed by atoms with E-state index in [1.165, 1.54) is 11.4 Å². The number of para-hydroxylation sites is 1. The van der Waals surface area contributed by atoms with E-state index in [9.17, 15) is 22.0 Å². The van der Waals surface area contributed by atoms with Gasteiger partial charge in [0.05, 0.1) is 16.8 Å². The lowest BCUT2D eigenvalue weighted by atomic mass is 10.1. The molecule has 164 valence electrons. The third kappa shape index (κ3) is 4.83. The number of amides is 1. The lowest BCUT2D eigenvalue weighted by Crippen LogP contribution is -2.29. The van der Waals surface area contributed by atoms with E-state index in [1.54, 1.807) is 17.0 Å². The second kappa shape index (κ2) is 8.13. The molecule has 0 bridgehead atoms. The zero-order valence-electron chi connectivity index (χ0n) is 16.3. The topological polar surface area (TPSA) is 105 Å². The predicted molar refractivity (Wildman–Crippen MR) is 116 cm³/mol. The average Bonchev–Trinajstić information content (AvgIpc) is 3.11. The van der Waals surface area contributed by atoms with E-state index >= 15 is 0 Å². The number of nitrogens with zero attached hydrogens (tertiary/aromatic N) is 2. The first-order valence-electron chi connectivity index (χ1n) is 9.58. The number of fused-ring (bicyclic) bond motifs is 1. The first-order valence-corrected chi connectivity index (χ1v) is 12.0. The molecule has 11 heteroatoms. The molecule has 3 N–H and O–H groups in total. The van der Waals surface area contributed by atoms with E-state index in [0.29, 0.717) is 17.9 Å². The maximum atomic E-state index is 13.9. The van der Waals surface area contributed by atoms with E-state index < -0.39 is 21.9 Å². The Bertz CT molecular complexity index is 1240. The fraction of sp³-hybridized carbons (Fsp3) is 0.300. The number of nitrogens with one attached hydrogen (secondary N) is 1. The van der Waals surface area contributed by atoms with Crippen molar-refractivity contribution in [3.8, 4) is 0 Å². The summed E-state index contributed by atoms with van der Waals surface area (Å²) in [5.41, 5.74) is 1.16. The number of anilines is 2. The Balaban J connectivity index is 1.70. The van der Waals surface area contributed by atoms with Crippen molar-refractivity contribution < 1.29 is 22.0 Å². The Morgan fingerprint density at radius 3 is 2.71 bits per heavy atom. The van der Waals surface area contributed by atoms with Gasteiger partial charge in [-0.15, -0.1) is 11.3 Å². The molecule has 0 atom stereocenters. The van der Waals surface area contributed by atoms with Gasteiger partial charge >= 0.3 is 0 Å². The number of sulfonamides is 1. The highest BCUT2D eigenvalue weighted by atomic mass is 32.2. The molecule has 1 aliphatic heterocycles. The van der Waals surface area contributed by atoms with Gasteiger partial charge in [0.25, 0.3) is 5.91 Å². The van der Waals surface area contributed by atoms with Crippen molar-refractivity contribution in [3.63, 3.8) is 0 Å². The summed E-state index contributed by atoms with van der Waals surface area (Å²) >= 11 is 0.894. The lowest BCUT2D eigenvalue weighted by molar-refractivity contribution is -0.0102. The number of hydrogen-bond donors (Lipinski definition) is 2. The SMILES string of the molecule is NS(=O)(=O)c1cc(NC(=O)c2cc3ccccc3nc2N2CCCC(F)(F)CC2)cs1. The molecule has 3 heterocycles. The van der Waals surface area contributed by atoms with Crippen LogP contribution in [0, 0.1) is 0 Å². The Labute approximate surface area is 181 Å². The smallest absolute Gasteiger partial charge is 0.259 e. The Hall–Kier alpha value is -2.63. The first-order chi connectivity index (χ1) is 14.6. The summed E-state index contributed by atoms with van der Waals surface area (Å²) in [7, 11) is -3.88. The van der Waals surface area contributed by atoms with Gasteiger partial charge in [-0.3, -0.25) is 4.79 Å². The van der Waals surface area contributed by atoms with Crippen LogP contribution in [-0.4, -0.2) is 38.3 Å². The summed E-state index contributed by atoms with van der Waals surface area (Å²) in [4.78, 5) is 19.4. The van der Waals surface area contributed by atoms with Crippen LogP contribution in [0.3, 0.4) is 0 Å². The van der Waals surface area contributed by atoms with Gasteiger partial charge in [-0.1, -0.05) is 18.2 Å². The maximum Gasteiger partial charge on any atom is 0.259 e. The molecule has 0 radical (unpaired) electrons. The van der Waals surface area contributed by atoms with Crippen molar-refractivity contribution in [2.45, 2.75) is 29.4 Å². The number of alkyl halides is 2. The highest BCUT2D eigenvalue weighted by molar-refractivity contribution is 7.91. The van der Waals surface area contributed by atoms with Gasteiger partial charge in [0.2, 0.25) is 15.9 Å². The fourth-order valence-electron chi connectivity index (χ4n) is 3.52. The molecule has 7 nitrogen and oxygen atoms in total. The number of hydrogen-bond acceptors (Lipinski definition) is 6. The summed E-state index contributed by atoms with van der Waals surface area (Å²) in [6.07, 6.45) is -0.237. The summed E-state index contributed by atoms with van der Waals surface area (Å²) in [5.74, 6) is -2.92. The quantitative estimate of drug-likeness (QED) is 0.608. The minimum absolute atomic E-state index is 0.0746. The molecule has 1 fully saturated rings. The minimum atomic E-state index is -3.88. The molecule has 0 unspecified atom stereocenters.